The van der Waals surface area contributed by atoms with Crippen LogP contribution in [0.3, 0.4) is 0 Å². The predicted octanol–water partition coefficient (Wildman–Crippen LogP) is 3.95. The van der Waals surface area contributed by atoms with Crippen molar-refractivity contribution in [3.8, 4) is 6.07 Å². The summed E-state index contributed by atoms with van der Waals surface area (Å²) in [4.78, 5) is 11.8. The average molecular weight is 333 g/mol. The summed E-state index contributed by atoms with van der Waals surface area (Å²) < 4.78 is 18.9. The quantitative estimate of drug-likeness (QED) is 0.878. The maximum absolute atomic E-state index is 13.6. The van der Waals surface area contributed by atoms with Gasteiger partial charge in [0.15, 0.2) is 0 Å². The number of hydrogen-bond donors (Lipinski definition) is 2. The van der Waals surface area contributed by atoms with Gasteiger partial charge in [0.05, 0.1) is 5.56 Å². The Morgan fingerprint density at radius 2 is 1.88 bits per heavy atom. The lowest BCUT2D eigenvalue weighted by Crippen LogP contribution is -2.42. The summed E-state index contributed by atoms with van der Waals surface area (Å²) in [5.74, 6) is -0.511. The van der Waals surface area contributed by atoms with Crippen LogP contribution >= 0.6 is 0 Å². The summed E-state index contributed by atoms with van der Waals surface area (Å²) >= 11 is 0. The van der Waals surface area contributed by atoms with Gasteiger partial charge in [-0.1, -0.05) is 0 Å². The molecule has 1 saturated carbocycles. The molecule has 0 bridgehead atoms. The molecule has 0 radical (unpaired) electrons. The largest absolute Gasteiger partial charge is 0.444 e. The molecule has 2 N–H and O–H groups in total. The fourth-order valence-electron chi connectivity index (χ4n) is 2.79. The molecular formula is C18H24FN3O2. The number of carbonyl (C=O) groups is 1. The van der Waals surface area contributed by atoms with Gasteiger partial charge >= 0.3 is 6.09 Å². The molecule has 2 rings (SSSR count). The minimum atomic E-state index is -0.511. The maximum atomic E-state index is 13.6. The first-order chi connectivity index (χ1) is 11.3. The second-order valence-corrected chi connectivity index (χ2v) is 7.15. The summed E-state index contributed by atoms with van der Waals surface area (Å²) in [6, 6.07) is 6.69. The van der Waals surface area contributed by atoms with E-state index in [2.05, 4.69) is 10.6 Å². The molecule has 1 fully saturated rings. The van der Waals surface area contributed by atoms with Crippen molar-refractivity contribution in [1.82, 2.24) is 5.32 Å². The monoisotopic (exact) mass is 333 g/mol. The number of benzene rings is 1. The fourth-order valence-corrected chi connectivity index (χ4v) is 2.79. The maximum Gasteiger partial charge on any atom is 0.407 e. The van der Waals surface area contributed by atoms with Crippen LogP contribution in [0.15, 0.2) is 18.2 Å². The van der Waals surface area contributed by atoms with Crippen LogP contribution in [0.5, 0.6) is 0 Å². The van der Waals surface area contributed by atoms with E-state index >= 15 is 0 Å². The second-order valence-electron chi connectivity index (χ2n) is 7.15. The number of ether oxygens (including phenoxy) is 1. The molecule has 0 saturated heterocycles. The van der Waals surface area contributed by atoms with Crippen molar-refractivity contribution in [2.45, 2.75) is 64.1 Å². The number of rotatable bonds is 3. The zero-order valence-electron chi connectivity index (χ0n) is 14.4. The van der Waals surface area contributed by atoms with Gasteiger partial charge in [-0.15, -0.1) is 0 Å². The summed E-state index contributed by atoms with van der Waals surface area (Å²) in [7, 11) is 0. The standard InChI is InChI=1S/C18H24FN3O2/c1-18(2,3)24-17(23)22-14-8-6-13(7-9-14)21-15-5-4-12(11-20)16(19)10-15/h4-5,10,13-14,21H,6-9H2,1-3H3,(H,22,23). The van der Waals surface area contributed by atoms with Crippen molar-refractivity contribution < 1.29 is 13.9 Å². The molecule has 1 aromatic carbocycles. The van der Waals surface area contributed by atoms with Gasteiger partial charge in [-0.05, 0) is 64.7 Å². The van der Waals surface area contributed by atoms with Gasteiger partial charge in [-0.25, -0.2) is 9.18 Å². The molecule has 0 atom stereocenters. The number of anilines is 1. The van der Waals surface area contributed by atoms with Gasteiger partial charge in [0.1, 0.15) is 17.5 Å². The summed E-state index contributed by atoms with van der Waals surface area (Å²) in [5.41, 5.74) is 0.226. The number of amides is 1. The molecule has 0 heterocycles. The fraction of sp³-hybridized carbons (Fsp3) is 0.556. The molecule has 130 valence electrons. The summed E-state index contributed by atoms with van der Waals surface area (Å²) in [6.07, 6.45) is 3.06. The van der Waals surface area contributed by atoms with Crippen LogP contribution in [-0.2, 0) is 4.74 Å². The second kappa shape index (κ2) is 7.52. The lowest BCUT2D eigenvalue weighted by molar-refractivity contribution is 0.0492. The Kier molecular flexibility index (Phi) is 5.66. The SMILES string of the molecule is CC(C)(C)OC(=O)NC1CCC(Nc2ccc(C#N)c(F)c2)CC1. The number of nitriles is 1. The number of carbonyl (C=O) groups excluding carboxylic acids is 1. The normalized spacial score (nSPS) is 20.8. The van der Waals surface area contributed by atoms with E-state index in [1.165, 1.54) is 12.1 Å². The summed E-state index contributed by atoms with van der Waals surface area (Å²) in [6.45, 7) is 5.51. The van der Waals surface area contributed by atoms with Crippen LogP contribution in [0, 0.1) is 17.1 Å². The molecule has 0 aliphatic heterocycles. The van der Waals surface area contributed by atoms with Crippen LogP contribution in [-0.4, -0.2) is 23.8 Å². The smallest absolute Gasteiger partial charge is 0.407 e. The Morgan fingerprint density at radius 3 is 2.42 bits per heavy atom. The van der Waals surface area contributed by atoms with E-state index in [1.807, 2.05) is 26.8 Å². The van der Waals surface area contributed by atoms with Gasteiger partial charge in [-0.3, -0.25) is 0 Å². The van der Waals surface area contributed by atoms with Crippen LogP contribution in [0.1, 0.15) is 52.0 Å². The molecule has 6 heteroatoms. The van der Waals surface area contributed by atoms with Gasteiger partial charge < -0.3 is 15.4 Å². The van der Waals surface area contributed by atoms with Crippen LogP contribution < -0.4 is 10.6 Å². The molecule has 24 heavy (non-hydrogen) atoms. The van der Waals surface area contributed by atoms with Crippen molar-refractivity contribution in [1.29, 1.82) is 5.26 Å². The molecule has 0 aromatic heterocycles. The van der Waals surface area contributed by atoms with E-state index in [0.717, 1.165) is 25.7 Å². The topological polar surface area (TPSA) is 74.2 Å². The van der Waals surface area contributed by atoms with Crippen molar-refractivity contribution in [2.24, 2.45) is 0 Å². The zero-order chi connectivity index (χ0) is 17.7. The Balaban J connectivity index is 1.80. The molecule has 0 spiro atoms. The van der Waals surface area contributed by atoms with E-state index < -0.39 is 11.4 Å². The molecule has 1 aromatic rings. The number of nitrogens with one attached hydrogen (secondary N) is 2. The van der Waals surface area contributed by atoms with Crippen molar-refractivity contribution in [2.75, 3.05) is 5.32 Å². The highest BCUT2D eigenvalue weighted by atomic mass is 19.1. The average Bonchev–Trinajstić information content (AvgIpc) is 2.47. The Hall–Kier alpha value is -2.29. The minimum Gasteiger partial charge on any atom is -0.444 e. The third kappa shape index (κ3) is 5.41. The van der Waals surface area contributed by atoms with Crippen LogP contribution in [0.25, 0.3) is 0 Å². The zero-order valence-corrected chi connectivity index (χ0v) is 14.4. The van der Waals surface area contributed by atoms with Gasteiger partial charge in [0, 0.05) is 17.8 Å². The minimum absolute atomic E-state index is 0.0471. The molecule has 1 aliphatic carbocycles. The number of alkyl carbamates (subject to hydrolysis) is 1. The predicted molar refractivity (Wildman–Crippen MR) is 90.2 cm³/mol. The molecule has 1 amide bonds. The van der Waals surface area contributed by atoms with Gasteiger partial charge in [0.25, 0.3) is 0 Å². The van der Waals surface area contributed by atoms with Crippen molar-refractivity contribution in [3.63, 3.8) is 0 Å². The molecule has 0 unspecified atom stereocenters. The number of nitrogens with zero attached hydrogens (tertiary/aromatic N) is 1. The third-order valence-electron chi connectivity index (χ3n) is 3.91. The highest BCUT2D eigenvalue weighted by Gasteiger charge is 2.24. The first-order valence-electron chi connectivity index (χ1n) is 8.22. The van der Waals surface area contributed by atoms with Gasteiger partial charge in [-0.2, -0.15) is 5.26 Å². The lowest BCUT2D eigenvalue weighted by atomic mass is 9.91. The Labute approximate surface area is 142 Å². The lowest BCUT2D eigenvalue weighted by Gasteiger charge is -2.31. The Morgan fingerprint density at radius 1 is 1.25 bits per heavy atom. The first-order valence-corrected chi connectivity index (χ1v) is 8.22. The highest BCUT2D eigenvalue weighted by Crippen LogP contribution is 2.23. The first kappa shape index (κ1) is 18.1. The van der Waals surface area contributed by atoms with E-state index in [9.17, 15) is 9.18 Å². The van der Waals surface area contributed by atoms with E-state index in [4.69, 9.17) is 10.00 Å². The summed E-state index contributed by atoms with van der Waals surface area (Å²) in [5, 5.41) is 14.9. The van der Waals surface area contributed by atoms with E-state index in [0.29, 0.717) is 5.69 Å². The van der Waals surface area contributed by atoms with Crippen molar-refractivity contribution in [3.05, 3.63) is 29.6 Å². The molecule has 1 aliphatic rings. The number of halogens is 1. The molecular weight excluding hydrogens is 309 g/mol. The molecule has 5 nitrogen and oxygen atoms in total. The van der Waals surface area contributed by atoms with Crippen LogP contribution in [0.4, 0.5) is 14.9 Å². The van der Waals surface area contributed by atoms with E-state index in [1.54, 1.807) is 6.07 Å². The Bertz CT molecular complexity index is 626. The number of hydrogen-bond acceptors (Lipinski definition) is 4. The van der Waals surface area contributed by atoms with Gasteiger partial charge in [0.2, 0.25) is 0 Å². The van der Waals surface area contributed by atoms with Crippen molar-refractivity contribution >= 4 is 11.8 Å². The van der Waals surface area contributed by atoms with E-state index in [-0.39, 0.29) is 23.7 Å². The van der Waals surface area contributed by atoms with Crippen LogP contribution in [0.2, 0.25) is 0 Å². The highest BCUT2D eigenvalue weighted by molar-refractivity contribution is 5.68. The third-order valence-corrected chi connectivity index (χ3v) is 3.91.